The lowest BCUT2D eigenvalue weighted by atomic mass is 10.2. The quantitative estimate of drug-likeness (QED) is 0.851. The number of nitrogens with two attached hydrogens (primary N) is 1. The highest BCUT2D eigenvalue weighted by molar-refractivity contribution is 6.34. The summed E-state index contributed by atoms with van der Waals surface area (Å²) in [4.78, 5) is 12.2. The van der Waals surface area contributed by atoms with Crippen molar-refractivity contribution in [1.29, 1.82) is 0 Å². The van der Waals surface area contributed by atoms with Crippen molar-refractivity contribution >= 4 is 28.9 Å². The molecule has 0 aromatic heterocycles. The predicted octanol–water partition coefficient (Wildman–Crippen LogP) is 3.19. The largest absolute Gasteiger partial charge is 0.497 e. The Balaban J connectivity index is 2.26. The smallest absolute Gasteiger partial charge is 0.257 e. The van der Waals surface area contributed by atoms with Gasteiger partial charge in [0.1, 0.15) is 11.5 Å². The SMILES string of the molecule is COc1cc(NC(=O)c2ccc(N)cc2Cl)cc(OC)c1. The average molecular weight is 307 g/mol. The normalized spacial score (nSPS) is 10.0. The lowest BCUT2D eigenvalue weighted by Crippen LogP contribution is -2.12. The molecule has 0 radical (unpaired) electrons. The fourth-order valence-electron chi connectivity index (χ4n) is 1.79. The van der Waals surface area contributed by atoms with Gasteiger partial charge in [-0.3, -0.25) is 4.79 Å². The minimum Gasteiger partial charge on any atom is -0.497 e. The lowest BCUT2D eigenvalue weighted by Gasteiger charge is -2.10. The molecule has 0 aliphatic carbocycles. The lowest BCUT2D eigenvalue weighted by molar-refractivity contribution is 0.102. The summed E-state index contributed by atoms with van der Waals surface area (Å²) in [5, 5.41) is 3.04. The fraction of sp³-hybridized carbons (Fsp3) is 0.133. The molecule has 0 unspecified atom stereocenters. The van der Waals surface area contributed by atoms with Crippen molar-refractivity contribution < 1.29 is 14.3 Å². The van der Waals surface area contributed by atoms with Crippen molar-refractivity contribution in [3.63, 3.8) is 0 Å². The number of carbonyl (C=O) groups is 1. The van der Waals surface area contributed by atoms with Crippen LogP contribution in [0.3, 0.4) is 0 Å². The standard InChI is InChI=1S/C15H15ClN2O3/c1-20-11-6-10(7-12(8-11)21-2)18-15(19)13-4-3-9(17)5-14(13)16/h3-8H,17H2,1-2H3,(H,18,19). The molecule has 0 aliphatic rings. The number of carbonyl (C=O) groups excluding carboxylic acids is 1. The van der Waals surface area contributed by atoms with E-state index in [1.807, 2.05) is 0 Å². The summed E-state index contributed by atoms with van der Waals surface area (Å²) in [7, 11) is 3.08. The van der Waals surface area contributed by atoms with Crippen molar-refractivity contribution in [2.75, 3.05) is 25.3 Å². The van der Waals surface area contributed by atoms with E-state index < -0.39 is 0 Å². The van der Waals surface area contributed by atoms with E-state index in [9.17, 15) is 4.79 Å². The molecule has 6 heteroatoms. The monoisotopic (exact) mass is 306 g/mol. The van der Waals surface area contributed by atoms with Crippen LogP contribution < -0.4 is 20.5 Å². The average Bonchev–Trinajstić information content (AvgIpc) is 2.46. The van der Waals surface area contributed by atoms with E-state index in [1.165, 1.54) is 20.3 Å². The minimum absolute atomic E-state index is 0.294. The first-order valence-corrected chi connectivity index (χ1v) is 6.50. The van der Waals surface area contributed by atoms with Crippen molar-refractivity contribution in [3.8, 4) is 11.5 Å². The molecule has 2 rings (SSSR count). The van der Waals surface area contributed by atoms with Gasteiger partial charge in [0.15, 0.2) is 0 Å². The van der Waals surface area contributed by atoms with Crippen LogP contribution in [0.15, 0.2) is 36.4 Å². The van der Waals surface area contributed by atoms with Crippen molar-refractivity contribution in [2.24, 2.45) is 0 Å². The maximum absolute atomic E-state index is 12.2. The Morgan fingerprint density at radius 3 is 2.24 bits per heavy atom. The molecule has 2 aromatic carbocycles. The summed E-state index contributed by atoms with van der Waals surface area (Å²) in [5.41, 5.74) is 6.99. The van der Waals surface area contributed by atoms with Crippen LogP contribution >= 0.6 is 11.6 Å². The van der Waals surface area contributed by atoms with Gasteiger partial charge < -0.3 is 20.5 Å². The molecular weight excluding hydrogens is 292 g/mol. The van der Waals surface area contributed by atoms with Crippen LogP contribution in [0.4, 0.5) is 11.4 Å². The van der Waals surface area contributed by atoms with Crippen LogP contribution in [-0.4, -0.2) is 20.1 Å². The van der Waals surface area contributed by atoms with Gasteiger partial charge >= 0.3 is 0 Å². The van der Waals surface area contributed by atoms with E-state index in [0.29, 0.717) is 33.5 Å². The van der Waals surface area contributed by atoms with E-state index in [1.54, 1.807) is 30.3 Å². The molecule has 0 spiro atoms. The topological polar surface area (TPSA) is 73.6 Å². The Hall–Kier alpha value is -2.40. The van der Waals surface area contributed by atoms with Crippen LogP contribution in [0.25, 0.3) is 0 Å². The predicted molar refractivity (Wildman–Crippen MR) is 83.4 cm³/mol. The van der Waals surface area contributed by atoms with Crippen molar-refractivity contribution in [2.45, 2.75) is 0 Å². The molecule has 0 bridgehead atoms. The first kappa shape index (κ1) is 15.0. The Labute approximate surface area is 127 Å². The number of hydrogen-bond acceptors (Lipinski definition) is 4. The highest BCUT2D eigenvalue weighted by Gasteiger charge is 2.12. The van der Waals surface area contributed by atoms with E-state index in [-0.39, 0.29) is 5.91 Å². The van der Waals surface area contributed by atoms with E-state index in [0.717, 1.165) is 0 Å². The van der Waals surface area contributed by atoms with Crippen LogP contribution in [-0.2, 0) is 0 Å². The second-order valence-corrected chi connectivity index (χ2v) is 4.70. The minimum atomic E-state index is -0.338. The zero-order valence-corrected chi connectivity index (χ0v) is 12.4. The molecule has 0 aliphatic heterocycles. The van der Waals surface area contributed by atoms with Gasteiger partial charge in [0.25, 0.3) is 5.91 Å². The van der Waals surface area contributed by atoms with Crippen molar-refractivity contribution in [3.05, 3.63) is 47.0 Å². The third kappa shape index (κ3) is 3.58. The van der Waals surface area contributed by atoms with Gasteiger partial charge in [0.2, 0.25) is 0 Å². The van der Waals surface area contributed by atoms with Gasteiger partial charge in [-0.15, -0.1) is 0 Å². The van der Waals surface area contributed by atoms with E-state index in [2.05, 4.69) is 5.32 Å². The Bertz CT molecular complexity index is 652. The Morgan fingerprint density at radius 1 is 1.10 bits per heavy atom. The maximum Gasteiger partial charge on any atom is 0.257 e. The summed E-state index contributed by atoms with van der Waals surface area (Å²) < 4.78 is 10.3. The highest BCUT2D eigenvalue weighted by atomic mass is 35.5. The molecule has 5 nitrogen and oxygen atoms in total. The molecule has 0 heterocycles. The summed E-state index contributed by atoms with van der Waals surface area (Å²) in [6.07, 6.45) is 0. The zero-order valence-electron chi connectivity index (χ0n) is 11.6. The van der Waals surface area contributed by atoms with Gasteiger partial charge in [-0.2, -0.15) is 0 Å². The number of nitrogens with one attached hydrogen (secondary N) is 1. The van der Waals surface area contributed by atoms with Gasteiger partial charge in [-0.25, -0.2) is 0 Å². The molecule has 1 amide bonds. The summed E-state index contributed by atoms with van der Waals surface area (Å²) in [5.74, 6) is 0.816. The molecule has 3 N–H and O–H groups in total. The van der Waals surface area contributed by atoms with Crippen molar-refractivity contribution in [1.82, 2.24) is 0 Å². The van der Waals surface area contributed by atoms with E-state index in [4.69, 9.17) is 26.8 Å². The molecule has 110 valence electrons. The summed E-state index contributed by atoms with van der Waals surface area (Å²) >= 11 is 6.02. The molecule has 2 aromatic rings. The number of benzene rings is 2. The Morgan fingerprint density at radius 2 is 1.71 bits per heavy atom. The van der Waals surface area contributed by atoms with Crippen LogP contribution in [0.5, 0.6) is 11.5 Å². The summed E-state index contributed by atoms with van der Waals surface area (Å²) in [6.45, 7) is 0. The van der Waals surface area contributed by atoms with Gasteiger partial charge in [0.05, 0.1) is 24.8 Å². The first-order valence-electron chi connectivity index (χ1n) is 6.13. The zero-order chi connectivity index (χ0) is 15.4. The maximum atomic E-state index is 12.2. The molecule has 21 heavy (non-hydrogen) atoms. The van der Waals surface area contributed by atoms with E-state index >= 15 is 0 Å². The number of halogens is 1. The number of hydrogen-bond donors (Lipinski definition) is 2. The Kier molecular flexibility index (Phi) is 4.55. The number of nitrogen functional groups attached to an aromatic ring is 1. The number of ether oxygens (including phenoxy) is 2. The number of amides is 1. The van der Waals surface area contributed by atoms with Crippen LogP contribution in [0.1, 0.15) is 10.4 Å². The number of rotatable bonds is 4. The fourth-order valence-corrected chi connectivity index (χ4v) is 2.07. The van der Waals surface area contributed by atoms with Gasteiger partial charge in [0, 0.05) is 29.6 Å². The molecule has 0 saturated carbocycles. The molecule has 0 atom stereocenters. The number of methoxy groups -OCH3 is 2. The third-order valence-corrected chi connectivity index (χ3v) is 3.16. The van der Waals surface area contributed by atoms with Gasteiger partial charge in [-0.1, -0.05) is 11.6 Å². The van der Waals surface area contributed by atoms with Crippen LogP contribution in [0.2, 0.25) is 5.02 Å². The number of anilines is 2. The molecular formula is C15H15ClN2O3. The second kappa shape index (κ2) is 6.37. The molecule has 0 saturated heterocycles. The van der Waals surface area contributed by atoms with Gasteiger partial charge in [-0.05, 0) is 18.2 Å². The second-order valence-electron chi connectivity index (χ2n) is 4.29. The third-order valence-electron chi connectivity index (χ3n) is 2.85. The summed E-state index contributed by atoms with van der Waals surface area (Å²) in [6, 6.07) is 9.81. The van der Waals surface area contributed by atoms with Crippen LogP contribution in [0, 0.1) is 0 Å². The highest BCUT2D eigenvalue weighted by Crippen LogP contribution is 2.27. The molecule has 0 fully saturated rings. The first-order chi connectivity index (χ1) is 10.0.